The van der Waals surface area contributed by atoms with Crippen molar-refractivity contribution in [3.8, 4) is 0 Å². The summed E-state index contributed by atoms with van der Waals surface area (Å²) in [6, 6.07) is 0. The Hall–Kier alpha value is -0.200. The van der Waals surface area contributed by atoms with E-state index < -0.39 is 17.8 Å². The predicted molar refractivity (Wildman–Crippen MR) is 125 cm³/mol. The molecule has 0 spiro atoms. The molecule has 5 N–H and O–H groups in total. The molecule has 0 amide bonds. The normalized spacial score (nSPS) is 52.8. The standard InChI is InChI=1S/C27H48O5/c1-15(2)20(29)7-6-16(3)18-13-21(30)24-26(18,5)11-9-23-25(4)10-8-17(28)12-19(25)22(31)14-27(23,24)32/h15-24,28-32H,6-14H2,1-5H3/t16-,17+,18-,19-,20+,21+,22+,23+,24-,25+,26-,27+/m1/s1. The molecule has 12 atom stereocenters. The molecule has 0 bridgehead atoms. The molecule has 0 unspecified atom stereocenters. The minimum atomic E-state index is -1.06. The van der Waals surface area contributed by atoms with Crippen LogP contribution in [0.3, 0.4) is 0 Å². The van der Waals surface area contributed by atoms with Crippen LogP contribution < -0.4 is 0 Å². The lowest BCUT2D eigenvalue weighted by molar-refractivity contribution is -0.263. The highest BCUT2D eigenvalue weighted by molar-refractivity contribution is 5.20. The van der Waals surface area contributed by atoms with Gasteiger partial charge in [-0.2, -0.15) is 0 Å². The zero-order chi connectivity index (χ0) is 23.6. The van der Waals surface area contributed by atoms with E-state index in [2.05, 4.69) is 34.6 Å². The van der Waals surface area contributed by atoms with E-state index in [9.17, 15) is 25.5 Å². The van der Waals surface area contributed by atoms with Crippen molar-refractivity contribution >= 4 is 0 Å². The van der Waals surface area contributed by atoms with Gasteiger partial charge in [-0.25, -0.2) is 0 Å². The van der Waals surface area contributed by atoms with Crippen LogP contribution in [0.15, 0.2) is 0 Å². The first-order chi connectivity index (χ1) is 14.8. The van der Waals surface area contributed by atoms with Gasteiger partial charge in [0, 0.05) is 12.3 Å². The van der Waals surface area contributed by atoms with Crippen LogP contribution in [-0.4, -0.2) is 55.5 Å². The molecule has 5 nitrogen and oxygen atoms in total. The lowest BCUT2D eigenvalue weighted by atomic mass is 9.42. The van der Waals surface area contributed by atoms with Gasteiger partial charge in [0.1, 0.15) is 0 Å². The van der Waals surface area contributed by atoms with Gasteiger partial charge >= 0.3 is 0 Å². The van der Waals surface area contributed by atoms with Crippen molar-refractivity contribution < 1.29 is 25.5 Å². The van der Waals surface area contributed by atoms with Gasteiger partial charge in [0.05, 0.1) is 30.0 Å². The van der Waals surface area contributed by atoms with Gasteiger partial charge < -0.3 is 25.5 Å². The van der Waals surface area contributed by atoms with Crippen LogP contribution in [0.1, 0.15) is 92.4 Å². The van der Waals surface area contributed by atoms with Crippen LogP contribution in [0.5, 0.6) is 0 Å². The van der Waals surface area contributed by atoms with Crippen molar-refractivity contribution in [2.24, 2.45) is 46.3 Å². The van der Waals surface area contributed by atoms with Crippen molar-refractivity contribution in [3.63, 3.8) is 0 Å². The fraction of sp³-hybridized carbons (Fsp3) is 1.00. The molecule has 4 aliphatic rings. The fourth-order valence-corrected chi connectivity index (χ4v) is 9.37. The molecule has 0 aromatic rings. The number of aliphatic hydroxyl groups excluding tert-OH is 4. The van der Waals surface area contributed by atoms with E-state index in [1.807, 2.05) is 0 Å². The second kappa shape index (κ2) is 8.48. The summed E-state index contributed by atoms with van der Waals surface area (Å²) in [4.78, 5) is 0. The molecule has 4 fully saturated rings. The Morgan fingerprint density at radius 1 is 0.875 bits per heavy atom. The van der Waals surface area contributed by atoms with E-state index >= 15 is 0 Å². The minimum absolute atomic E-state index is 0.0201. The summed E-state index contributed by atoms with van der Waals surface area (Å²) in [5.74, 6) is 0.780. The lowest BCUT2D eigenvalue weighted by Crippen LogP contribution is -2.68. The monoisotopic (exact) mass is 452 g/mol. The molecule has 0 aliphatic heterocycles. The number of aliphatic hydroxyl groups is 5. The van der Waals surface area contributed by atoms with Crippen LogP contribution in [0.25, 0.3) is 0 Å². The molecular weight excluding hydrogens is 404 g/mol. The van der Waals surface area contributed by atoms with Gasteiger partial charge in [-0.05, 0) is 91.8 Å². The highest BCUT2D eigenvalue weighted by Crippen LogP contribution is 2.69. The van der Waals surface area contributed by atoms with Crippen molar-refractivity contribution in [2.75, 3.05) is 0 Å². The number of fused-ring (bicyclic) bond motifs is 5. The van der Waals surface area contributed by atoms with Gasteiger partial charge in [-0.15, -0.1) is 0 Å². The first-order valence-electron chi connectivity index (χ1n) is 13.3. The largest absolute Gasteiger partial charge is 0.393 e. The molecule has 0 saturated heterocycles. The quantitative estimate of drug-likeness (QED) is 0.440. The van der Waals surface area contributed by atoms with E-state index in [0.29, 0.717) is 31.1 Å². The smallest absolute Gasteiger partial charge is 0.0763 e. The van der Waals surface area contributed by atoms with Gasteiger partial charge in [-0.1, -0.05) is 34.6 Å². The highest BCUT2D eigenvalue weighted by Gasteiger charge is 2.70. The molecule has 4 aliphatic carbocycles. The molecule has 0 aromatic carbocycles. The molecule has 4 saturated carbocycles. The van der Waals surface area contributed by atoms with Crippen molar-refractivity contribution in [2.45, 2.75) is 122 Å². The minimum Gasteiger partial charge on any atom is -0.393 e. The van der Waals surface area contributed by atoms with Crippen LogP contribution in [0, 0.1) is 46.3 Å². The topological polar surface area (TPSA) is 101 Å². The second-order valence-corrected chi connectivity index (χ2v) is 13.2. The Labute approximate surface area is 194 Å². The van der Waals surface area contributed by atoms with Crippen molar-refractivity contribution in [1.82, 2.24) is 0 Å². The fourth-order valence-electron chi connectivity index (χ4n) is 9.37. The van der Waals surface area contributed by atoms with E-state index in [4.69, 9.17) is 0 Å². The van der Waals surface area contributed by atoms with Crippen LogP contribution in [0.4, 0.5) is 0 Å². The Kier molecular flexibility index (Phi) is 6.60. The van der Waals surface area contributed by atoms with E-state index in [-0.39, 0.29) is 46.7 Å². The molecule has 5 heteroatoms. The maximum atomic E-state index is 12.3. The lowest BCUT2D eigenvalue weighted by Gasteiger charge is -2.66. The number of hydrogen-bond donors (Lipinski definition) is 5. The third kappa shape index (κ3) is 3.69. The summed E-state index contributed by atoms with van der Waals surface area (Å²) in [5, 5.41) is 55.4. The van der Waals surface area contributed by atoms with E-state index in [1.54, 1.807) is 0 Å². The number of rotatable bonds is 5. The summed E-state index contributed by atoms with van der Waals surface area (Å²) in [6.07, 6.45) is 4.97. The van der Waals surface area contributed by atoms with E-state index in [1.165, 1.54) is 0 Å². The zero-order valence-corrected chi connectivity index (χ0v) is 20.9. The van der Waals surface area contributed by atoms with Gasteiger partial charge in [-0.3, -0.25) is 0 Å². The first kappa shape index (κ1) is 24.9. The van der Waals surface area contributed by atoms with Gasteiger partial charge in [0.2, 0.25) is 0 Å². The summed E-state index contributed by atoms with van der Waals surface area (Å²) in [6.45, 7) is 10.8. The molecule has 0 heterocycles. The molecule has 186 valence electrons. The average molecular weight is 453 g/mol. The van der Waals surface area contributed by atoms with Crippen molar-refractivity contribution in [3.05, 3.63) is 0 Å². The Morgan fingerprint density at radius 3 is 2.19 bits per heavy atom. The van der Waals surface area contributed by atoms with Crippen LogP contribution >= 0.6 is 0 Å². The molecule has 32 heavy (non-hydrogen) atoms. The first-order valence-corrected chi connectivity index (χ1v) is 13.3. The Bertz CT molecular complexity index is 683. The zero-order valence-electron chi connectivity index (χ0n) is 20.9. The highest BCUT2D eigenvalue weighted by atomic mass is 16.3. The molecule has 0 radical (unpaired) electrons. The van der Waals surface area contributed by atoms with E-state index in [0.717, 1.165) is 38.5 Å². The summed E-state index contributed by atoms with van der Waals surface area (Å²) in [7, 11) is 0. The third-order valence-corrected chi connectivity index (χ3v) is 11.1. The van der Waals surface area contributed by atoms with Gasteiger partial charge in [0.15, 0.2) is 0 Å². The predicted octanol–water partition coefficient (Wildman–Crippen LogP) is 3.50. The maximum Gasteiger partial charge on any atom is 0.0763 e. The molecule has 4 rings (SSSR count). The van der Waals surface area contributed by atoms with Crippen molar-refractivity contribution in [1.29, 1.82) is 0 Å². The SMILES string of the molecule is CC(C)[C@@H](O)CC[C@@H](C)[C@H]1C[C@H](O)[C@@H]2[C@]1(C)CC[C@H]1[C@@]3(C)CC[C@H](O)C[C@@H]3[C@@H](O)C[C@@]21O. The molecular formula is C27H48O5. The summed E-state index contributed by atoms with van der Waals surface area (Å²) in [5.41, 5.74) is -1.42. The number of hydrogen-bond acceptors (Lipinski definition) is 5. The van der Waals surface area contributed by atoms with Crippen LogP contribution in [0.2, 0.25) is 0 Å². The Balaban J connectivity index is 1.59. The average Bonchev–Trinajstić information content (AvgIpc) is 2.98. The Morgan fingerprint density at radius 2 is 1.53 bits per heavy atom. The van der Waals surface area contributed by atoms with Gasteiger partial charge in [0.25, 0.3) is 0 Å². The second-order valence-electron chi connectivity index (χ2n) is 13.2. The summed E-state index contributed by atoms with van der Waals surface area (Å²) < 4.78 is 0. The maximum absolute atomic E-state index is 12.3. The summed E-state index contributed by atoms with van der Waals surface area (Å²) >= 11 is 0. The van der Waals surface area contributed by atoms with Crippen LogP contribution in [-0.2, 0) is 0 Å². The third-order valence-electron chi connectivity index (χ3n) is 11.1. The molecule has 0 aromatic heterocycles.